The van der Waals surface area contributed by atoms with E-state index in [9.17, 15) is 9.59 Å². The molecule has 0 radical (unpaired) electrons. The van der Waals surface area contributed by atoms with Crippen LogP contribution in [0, 0.1) is 12.8 Å². The molecule has 2 amide bonds. The van der Waals surface area contributed by atoms with Crippen LogP contribution in [0.2, 0.25) is 0 Å². The first-order valence-corrected chi connectivity index (χ1v) is 10.9. The highest BCUT2D eigenvalue weighted by atomic mass is 16.5. The summed E-state index contributed by atoms with van der Waals surface area (Å²) in [7, 11) is 1.45. The van der Waals surface area contributed by atoms with E-state index in [0.717, 1.165) is 70.6 Å². The van der Waals surface area contributed by atoms with E-state index in [1.807, 2.05) is 9.80 Å². The van der Waals surface area contributed by atoms with Gasteiger partial charge in [-0.05, 0) is 63.2 Å². The van der Waals surface area contributed by atoms with Gasteiger partial charge in [-0.15, -0.1) is 0 Å². The molecular weight excluding hydrogens is 366 g/mol. The van der Waals surface area contributed by atoms with Gasteiger partial charge in [-0.1, -0.05) is 17.7 Å². The van der Waals surface area contributed by atoms with Crippen LogP contribution in [0.1, 0.15) is 43.7 Å². The molecular formula is C23H33N3O3. The van der Waals surface area contributed by atoms with Gasteiger partial charge in [0, 0.05) is 44.2 Å². The quantitative estimate of drug-likeness (QED) is 0.767. The van der Waals surface area contributed by atoms with Crippen molar-refractivity contribution in [2.75, 3.05) is 51.3 Å². The highest BCUT2D eigenvalue weighted by Gasteiger charge is 2.45. The van der Waals surface area contributed by atoms with Gasteiger partial charge in [0.2, 0.25) is 5.91 Å². The molecule has 2 saturated heterocycles. The Kier molecular flexibility index (Phi) is 5.56. The number of nitrogens with zero attached hydrogens (tertiary/aromatic N) is 3. The minimum Gasteiger partial charge on any atom is -0.453 e. The smallest absolute Gasteiger partial charge is 0.409 e. The Morgan fingerprint density at radius 3 is 2.45 bits per heavy atom. The van der Waals surface area contributed by atoms with E-state index < -0.39 is 0 Å². The Bertz CT molecular complexity index is 778. The van der Waals surface area contributed by atoms with Crippen LogP contribution in [-0.4, -0.2) is 68.2 Å². The number of ether oxygens (including phenoxy) is 1. The number of rotatable bonds is 2. The molecule has 3 aliphatic heterocycles. The highest BCUT2D eigenvalue weighted by molar-refractivity contribution is 5.94. The fourth-order valence-corrected chi connectivity index (χ4v) is 5.45. The number of anilines is 1. The molecule has 1 aromatic rings. The maximum absolute atomic E-state index is 12.2. The zero-order chi connectivity index (χ0) is 20.6. The van der Waals surface area contributed by atoms with Gasteiger partial charge in [0.1, 0.15) is 0 Å². The standard InChI is InChI=1S/C23H33N3O3/c1-17-4-5-21-20(14-17)23(16-26(21)18(2)27)8-12-24(13-9-23)15-19-6-10-25(11-7-19)22(28)29-3/h4-5,14,19H,6-13,15-16H2,1-3H3. The fraction of sp³-hybridized carbons (Fsp3) is 0.652. The summed E-state index contributed by atoms with van der Waals surface area (Å²) in [6.07, 6.45) is 4.12. The van der Waals surface area contributed by atoms with Gasteiger partial charge >= 0.3 is 6.09 Å². The molecule has 158 valence electrons. The first-order chi connectivity index (χ1) is 13.9. The number of amides is 2. The number of hydrogen-bond acceptors (Lipinski definition) is 4. The normalized spacial score (nSPS) is 22.0. The van der Waals surface area contributed by atoms with Crippen LogP contribution in [0.5, 0.6) is 0 Å². The average molecular weight is 400 g/mol. The SMILES string of the molecule is COC(=O)N1CCC(CN2CCC3(CC2)CN(C(C)=O)c2ccc(C)cc23)CC1. The van der Waals surface area contributed by atoms with E-state index in [-0.39, 0.29) is 17.4 Å². The molecule has 3 aliphatic rings. The predicted octanol–water partition coefficient (Wildman–Crippen LogP) is 3.17. The number of carbonyl (C=O) groups excluding carboxylic acids is 2. The number of likely N-dealkylation sites (tertiary alicyclic amines) is 2. The third kappa shape index (κ3) is 3.87. The summed E-state index contributed by atoms with van der Waals surface area (Å²) in [5, 5.41) is 0. The summed E-state index contributed by atoms with van der Waals surface area (Å²) in [4.78, 5) is 30.3. The predicted molar refractivity (Wildman–Crippen MR) is 113 cm³/mol. The van der Waals surface area contributed by atoms with Crippen LogP contribution in [0.3, 0.4) is 0 Å². The Balaban J connectivity index is 1.37. The third-order valence-electron chi connectivity index (χ3n) is 7.23. The lowest BCUT2D eigenvalue weighted by atomic mass is 9.74. The maximum Gasteiger partial charge on any atom is 0.409 e. The molecule has 1 spiro atoms. The van der Waals surface area contributed by atoms with Crippen LogP contribution in [0.4, 0.5) is 10.5 Å². The van der Waals surface area contributed by atoms with Crippen LogP contribution < -0.4 is 4.90 Å². The lowest BCUT2D eigenvalue weighted by Crippen LogP contribution is -2.48. The zero-order valence-electron chi connectivity index (χ0n) is 17.9. The van der Waals surface area contributed by atoms with Crippen molar-refractivity contribution in [3.05, 3.63) is 29.3 Å². The molecule has 4 rings (SSSR count). The van der Waals surface area contributed by atoms with E-state index in [4.69, 9.17) is 4.74 Å². The zero-order valence-corrected chi connectivity index (χ0v) is 17.9. The van der Waals surface area contributed by atoms with Crippen LogP contribution in [-0.2, 0) is 14.9 Å². The minimum absolute atomic E-state index is 0.109. The third-order valence-corrected chi connectivity index (χ3v) is 7.23. The Labute approximate surface area is 173 Å². The summed E-state index contributed by atoms with van der Waals surface area (Å²) in [5.74, 6) is 0.795. The largest absolute Gasteiger partial charge is 0.453 e. The molecule has 0 aliphatic carbocycles. The fourth-order valence-electron chi connectivity index (χ4n) is 5.45. The van der Waals surface area contributed by atoms with E-state index >= 15 is 0 Å². The molecule has 6 heteroatoms. The molecule has 3 heterocycles. The second kappa shape index (κ2) is 7.98. The van der Waals surface area contributed by atoms with Crippen molar-refractivity contribution in [2.24, 2.45) is 5.92 Å². The van der Waals surface area contributed by atoms with Crippen LogP contribution in [0.25, 0.3) is 0 Å². The first-order valence-electron chi connectivity index (χ1n) is 10.9. The number of carbonyl (C=O) groups is 2. The summed E-state index contributed by atoms with van der Waals surface area (Å²) < 4.78 is 4.84. The number of hydrogen-bond donors (Lipinski definition) is 0. The molecule has 29 heavy (non-hydrogen) atoms. The first kappa shape index (κ1) is 20.2. The summed E-state index contributed by atoms with van der Waals surface area (Å²) in [6, 6.07) is 6.54. The van der Waals surface area contributed by atoms with Crippen LogP contribution >= 0.6 is 0 Å². The van der Waals surface area contributed by atoms with Gasteiger partial charge in [-0.3, -0.25) is 4.79 Å². The highest BCUT2D eigenvalue weighted by Crippen LogP contribution is 2.47. The summed E-state index contributed by atoms with van der Waals surface area (Å²) in [5.41, 5.74) is 3.87. The van der Waals surface area contributed by atoms with Crippen molar-refractivity contribution in [1.29, 1.82) is 0 Å². The monoisotopic (exact) mass is 399 g/mol. The molecule has 1 aromatic carbocycles. The molecule has 0 unspecified atom stereocenters. The molecule has 2 fully saturated rings. The van der Waals surface area contributed by atoms with Crippen LogP contribution in [0.15, 0.2) is 18.2 Å². The Hall–Kier alpha value is -2.08. The van der Waals surface area contributed by atoms with Crippen molar-refractivity contribution in [3.63, 3.8) is 0 Å². The molecule has 6 nitrogen and oxygen atoms in total. The van der Waals surface area contributed by atoms with E-state index in [1.165, 1.54) is 18.2 Å². The lowest BCUT2D eigenvalue weighted by molar-refractivity contribution is -0.116. The minimum atomic E-state index is -0.200. The summed E-state index contributed by atoms with van der Waals surface area (Å²) >= 11 is 0. The second-order valence-electron chi connectivity index (χ2n) is 9.11. The summed E-state index contributed by atoms with van der Waals surface area (Å²) in [6.45, 7) is 9.52. The van der Waals surface area contributed by atoms with Gasteiger partial charge < -0.3 is 19.4 Å². The molecule has 0 atom stereocenters. The topological polar surface area (TPSA) is 53.1 Å². The molecule has 0 aromatic heterocycles. The van der Waals surface area contributed by atoms with Crippen molar-refractivity contribution < 1.29 is 14.3 Å². The number of piperidine rings is 2. The van der Waals surface area contributed by atoms with E-state index in [2.05, 4.69) is 30.0 Å². The molecule has 0 N–H and O–H groups in total. The van der Waals surface area contributed by atoms with E-state index in [1.54, 1.807) is 6.92 Å². The van der Waals surface area contributed by atoms with E-state index in [0.29, 0.717) is 5.92 Å². The molecule has 0 saturated carbocycles. The number of benzene rings is 1. The Morgan fingerprint density at radius 2 is 1.83 bits per heavy atom. The molecule has 0 bridgehead atoms. The lowest BCUT2D eigenvalue weighted by Gasteiger charge is -2.42. The van der Waals surface area contributed by atoms with Crippen molar-refractivity contribution in [2.45, 2.75) is 44.9 Å². The van der Waals surface area contributed by atoms with Crippen molar-refractivity contribution in [1.82, 2.24) is 9.80 Å². The van der Waals surface area contributed by atoms with Crippen molar-refractivity contribution in [3.8, 4) is 0 Å². The average Bonchev–Trinajstić information content (AvgIpc) is 3.03. The number of fused-ring (bicyclic) bond motifs is 2. The Morgan fingerprint density at radius 1 is 1.14 bits per heavy atom. The number of aryl methyl sites for hydroxylation is 1. The van der Waals surface area contributed by atoms with Gasteiger partial charge in [0.25, 0.3) is 0 Å². The van der Waals surface area contributed by atoms with Gasteiger partial charge in [0.15, 0.2) is 0 Å². The maximum atomic E-state index is 12.2. The second-order valence-corrected chi connectivity index (χ2v) is 9.11. The van der Waals surface area contributed by atoms with Gasteiger partial charge in [-0.25, -0.2) is 4.79 Å². The van der Waals surface area contributed by atoms with Gasteiger partial charge in [-0.2, -0.15) is 0 Å². The van der Waals surface area contributed by atoms with Crippen molar-refractivity contribution >= 4 is 17.7 Å². The number of methoxy groups -OCH3 is 1. The van der Waals surface area contributed by atoms with Gasteiger partial charge in [0.05, 0.1) is 7.11 Å².